The number of hydrogen-bond acceptors (Lipinski definition) is 4. The fourth-order valence-electron chi connectivity index (χ4n) is 4.67. The first-order valence-corrected chi connectivity index (χ1v) is 12.1. The zero-order valence-corrected chi connectivity index (χ0v) is 19.5. The fourth-order valence-corrected chi connectivity index (χ4v) is 6.65. The first kappa shape index (κ1) is 22.2. The van der Waals surface area contributed by atoms with E-state index in [0.29, 0.717) is 31.1 Å². The fraction of sp³-hybridized carbons (Fsp3) is 0.682. The van der Waals surface area contributed by atoms with Crippen LogP contribution < -0.4 is 0 Å². The second kappa shape index (κ2) is 8.36. The average molecular weight is 422 g/mol. The van der Waals surface area contributed by atoms with Gasteiger partial charge >= 0.3 is 0 Å². The normalized spacial score (nSPS) is 20.3. The van der Waals surface area contributed by atoms with E-state index in [9.17, 15) is 13.2 Å². The Bertz CT molecular complexity index is 867. The predicted molar refractivity (Wildman–Crippen MR) is 116 cm³/mol. The highest BCUT2D eigenvalue weighted by Crippen LogP contribution is 2.32. The van der Waals surface area contributed by atoms with Gasteiger partial charge in [-0.3, -0.25) is 9.69 Å². The molecule has 1 aromatic carbocycles. The molecule has 162 valence electrons. The third-order valence-electron chi connectivity index (χ3n) is 7.13. The van der Waals surface area contributed by atoms with Crippen LogP contribution in [0.4, 0.5) is 0 Å². The third kappa shape index (κ3) is 3.97. The number of hydrogen-bond donors (Lipinski definition) is 0. The van der Waals surface area contributed by atoms with Crippen molar-refractivity contribution in [3.63, 3.8) is 0 Å². The van der Waals surface area contributed by atoms with E-state index in [2.05, 4.69) is 11.8 Å². The van der Waals surface area contributed by atoms with Crippen molar-refractivity contribution in [2.75, 3.05) is 39.3 Å². The van der Waals surface area contributed by atoms with Crippen LogP contribution in [-0.2, 0) is 14.8 Å². The summed E-state index contributed by atoms with van der Waals surface area (Å²) in [5, 5.41) is 0. The molecule has 1 aromatic rings. The highest BCUT2D eigenvalue weighted by atomic mass is 32.2. The van der Waals surface area contributed by atoms with Crippen molar-refractivity contribution in [1.29, 1.82) is 0 Å². The van der Waals surface area contributed by atoms with Crippen LogP contribution >= 0.6 is 0 Å². The van der Waals surface area contributed by atoms with Crippen LogP contribution in [0.15, 0.2) is 4.90 Å². The van der Waals surface area contributed by atoms with Crippen LogP contribution in [0.5, 0.6) is 0 Å². The molecule has 0 bridgehead atoms. The molecule has 2 fully saturated rings. The van der Waals surface area contributed by atoms with Crippen LogP contribution in [0, 0.1) is 34.6 Å². The molecule has 0 unspecified atom stereocenters. The molecule has 0 aliphatic carbocycles. The minimum absolute atomic E-state index is 0.176. The number of nitrogens with zero attached hydrogens (tertiary/aromatic N) is 3. The number of piperazine rings is 1. The summed E-state index contributed by atoms with van der Waals surface area (Å²) in [6, 6.07) is -0.190. The van der Waals surface area contributed by atoms with Crippen molar-refractivity contribution in [2.24, 2.45) is 0 Å². The van der Waals surface area contributed by atoms with Crippen molar-refractivity contribution in [1.82, 2.24) is 14.1 Å². The Labute approximate surface area is 175 Å². The Morgan fingerprint density at radius 3 is 1.69 bits per heavy atom. The lowest BCUT2D eigenvalue weighted by atomic mass is 9.95. The number of amides is 1. The van der Waals surface area contributed by atoms with Gasteiger partial charge in [0.05, 0.1) is 10.9 Å². The predicted octanol–water partition coefficient (Wildman–Crippen LogP) is 2.55. The van der Waals surface area contributed by atoms with Gasteiger partial charge in [-0.25, -0.2) is 8.42 Å². The van der Waals surface area contributed by atoms with Crippen LogP contribution in [-0.4, -0.2) is 73.7 Å². The number of carbonyl (C=O) groups is 1. The summed E-state index contributed by atoms with van der Waals surface area (Å²) in [6.45, 7) is 15.5. The smallest absolute Gasteiger partial charge is 0.243 e. The summed E-state index contributed by atoms with van der Waals surface area (Å²) in [5.41, 5.74) is 4.97. The molecular formula is C22H35N3O3S. The summed E-state index contributed by atoms with van der Waals surface area (Å²) >= 11 is 0. The number of sulfonamides is 1. The Morgan fingerprint density at radius 1 is 0.759 bits per heavy atom. The van der Waals surface area contributed by atoms with Gasteiger partial charge in [0.25, 0.3) is 0 Å². The van der Waals surface area contributed by atoms with E-state index >= 15 is 0 Å². The van der Waals surface area contributed by atoms with Crippen molar-refractivity contribution in [2.45, 2.75) is 65.3 Å². The highest BCUT2D eigenvalue weighted by molar-refractivity contribution is 7.89. The average Bonchev–Trinajstić information content (AvgIpc) is 3.24. The van der Waals surface area contributed by atoms with E-state index < -0.39 is 10.0 Å². The molecule has 6 nitrogen and oxygen atoms in total. The topological polar surface area (TPSA) is 60.9 Å². The Morgan fingerprint density at radius 2 is 1.21 bits per heavy atom. The molecule has 3 rings (SSSR count). The second-order valence-corrected chi connectivity index (χ2v) is 10.5. The summed E-state index contributed by atoms with van der Waals surface area (Å²) < 4.78 is 28.6. The van der Waals surface area contributed by atoms with Gasteiger partial charge in [-0.2, -0.15) is 4.31 Å². The lowest BCUT2D eigenvalue weighted by Crippen LogP contribution is -2.55. The molecule has 2 saturated heterocycles. The van der Waals surface area contributed by atoms with E-state index in [-0.39, 0.29) is 11.9 Å². The van der Waals surface area contributed by atoms with E-state index in [1.807, 2.05) is 39.5 Å². The van der Waals surface area contributed by atoms with Gasteiger partial charge in [0, 0.05) is 39.3 Å². The first-order chi connectivity index (χ1) is 13.6. The first-order valence-electron chi connectivity index (χ1n) is 10.7. The molecule has 29 heavy (non-hydrogen) atoms. The maximum Gasteiger partial charge on any atom is 0.243 e. The summed E-state index contributed by atoms with van der Waals surface area (Å²) in [4.78, 5) is 17.2. The van der Waals surface area contributed by atoms with Gasteiger partial charge in [-0.05, 0) is 82.2 Å². The van der Waals surface area contributed by atoms with Crippen molar-refractivity contribution in [3.8, 4) is 0 Å². The standard InChI is InChI=1S/C22H35N3O3S/c1-15-16(2)18(4)21(19(5)17(15)3)29(27,28)25-13-11-23(12-14-25)20(6)22(26)24-9-7-8-10-24/h20H,7-14H2,1-6H3/t20-/m0/s1. The number of rotatable bonds is 4. The van der Waals surface area contributed by atoms with E-state index in [0.717, 1.165) is 53.7 Å². The van der Waals surface area contributed by atoms with E-state index in [1.165, 1.54) is 0 Å². The molecule has 0 spiro atoms. The molecule has 0 N–H and O–H groups in total. The molecule has 7 heteroatoms. The molecule has 0 saturated carbocycles. The molecule has 2 aliphatic rings. The van der Waals surface area contributed by atoms with Gasteiger partial charge in [0.1, 0.15) is 0 Å². The van der Waals surface area contributed by atoms with Crippen LogP contribution in [0.2, 0.25) is 0 Å². The molecule has 0 radical (unpaired) electrons. The molecule has 1 amide bonds. The quantitative estimate of drug-likeness (QED) is 0.750. The minimum atomic E-state index is -3.56. The van der Waals surface area contributed by atoms with Crippen LogP contribution in [0.3, 0.4) is 0 Å². The van der Waals surface area contributed by atoms with E-state index in [1.54, 1.807) is 4.31 Å². The zero-order valence-electron chi connectivity index (χ0n) is 18.7. The van der Waals surface area contributed by atoms with Crippen molar-refractivity contribution < 1.29 is 13.2 Å². The summed E-state index contributed by atoms with van der Waals surface area (Å²) in [7, 11) is -3.56. The van der Waals surface area contributed by atoms with Crippen molar-refractivity contribution in [3.05, 3.63) is 27.8 Å². The maximum absolute atomic E-state index is 13.5. The summed E-state index contributed by atoms with van der Waals surface area (Å²) in [5.74, 6) is 0.176. The van der Waals surface area contributed by atoms with Gasteiger partial charge < -0.3 is 4.90 Å². The molecule has 0 aromatic heterocycles. The van der Waals surface area contributed by atoms with Crippen LogP contribution in [0.25, 0.3) is 0 Å². The highest BCUT2D eigenvalue weighted by Gasteiger charge is 2.35. The SMILES string of the molecule is Cc1c(C)c(C)c(S(=O)(=O)N2CCN([C@@H](C)C(=O)N3CCCC3)CC2)c(C)c1C. The Hall–Kier alpha value is -1.44. The molecule has 2 aliphatic heterocycles. The third-order valence-corrected chi connectivity index (χ3v) is 9.30. The lowest BCUT2D eigenvalue weighted by molar-refractivity contribution is -0.135. The minimum Gasteiger partial charge on any atom is -0.341 e. The van der Waals surface area contributed by atoms with Gasteiger partial charge in [-0.15, -0.1) is 0 Å². The second-order valence-electron chi connectivity index (χ2n) is 8.60. The lowest BCUT2D eigenvalue weighted by Gasteiger charge is -2.38. The van der Waals surface area contributed by atoms with Gasteiger partial charge in [0.15, 0.2) is 0 Å². The van der Waals surface area contributed by atoms with E-state index in [4.69, 9.17) is 0 Å². The largest absolute Gasteiger partial charge is 0.341 e. The Kier molecular flexibility index (Phi) is 6.41. The number of carbonyl (C=O) groups excluding carboxylic acids is 1. The maximum atomic E-state index is 13.5. The molecular weight excluding hydrogens is 386 g/mol. The zero-order chi connectivity index (χ0) is 21.5. The van der Waals surface area contributed by atoms with Crippen LogP contribution in [0.1, 0.15) is 47.6 Å². The van der Waals surface area contributed by atoms with Crippen molar-refractivity contribution >= 4 is 15.9 Å². The van der Waals surface area contributed by atoms with Gasteiger partial charge in [0.2, 0.25) is 15.9 Å². The van der Waals surface area contributed by atoms with Gasteiger partial charge in [-0.1, -0.05) is 0 Å². The summed E-state index contributed by atoms with van der Waals surface area (Å²) in [6.07, 6.45) is 2.16. The number of benzene rings is 1. The monoisotopic (exact) mass is 421 g/mol. The number of likely N-dealkylation sites (tertiary alicyclic amines) is 1. The Balaban J connectivity index is 1.76. The molecule has 2 heterocycles. The molecule has 1 atom stereocenters.